The van der Waals surface area contributed by atoms with Gasteiger partial charge in [0.1, 0.15) is 12.2 Å². The van der Waals surface area contributed by atoms with E-state index in [1.165, 1.54) is 18.2 Å². The number of carboxylic acids is 1. The van der Waals surface area contributed by atoms with E-state index in [2.05, 4.69) is 5.32 Å². The molecular weight excluding hydrogens is 294 g/mol. The Kier molecular flexibility index (Phi) is 3.89. The second-order valence-corrected chi connectivity index (χ2v) is 4.58. The smallest absolute Gasteiger partial charge is 0.329 e. The first-order valence-corrected chi connectivity index (χ1v) is 6.11. The summed E-state index contributed by atoms with van der Waals surface area (Å²) in [5.41, 5.74) is 0.553. The number of hydrogen-bond acceptors (Lipinski definition) is 5. The topological polar surface area (TPSA) is 130 Å². The molecule has 1 aliphatic heterocycles. The summed E-state index contributed by atoms with van der Waals surface area (Å²) in [4.78, 5) is 44.9. The third kappa shape index (κ3) is 2.92. The Morgan fingerprint density at radius 1 is 1.45 bits per heavy atom. The largest absolute Gasteiger partial charge is 0.480 e. The average Bonchev–Trinajstić information content (AvgIpc) is 2.68. The molecular formula is C13H11N3O6. The number of nitro groups is 1. The van der Waals surface area contributed by atoms with Gasteiger partial charge in [0.05, 0.1) is 4.92 Å². The third-order valence-electron chi connectivity index (χ3n) is 3.00. The fraction of sp³-hybridized carbons (Fsp3) is 0.154. The molecule has 22 heavy (non-hydrogen) atoms. The van der Waals surface area contributed by atoms with Crippen LogP contribution in [-0.4, -0.2) is 39.4 Å². The van der Waals surface area contributed by atoms with Crippen LogP contribution in [0.5, 0.6) is 0 Å². The summed E-state index contributed by atoms with van der Waals surface area (Å²) < 4.78 is 0. The molecule has 1 aromatic carbocycles. The van der Waals surface area contributed by atoms with Gasteiger partial charge in [-0.15, -0.1) is 0 Å². The normalized spacial score (nSPS) is 16.0. The summed E-state index contributed by atoms with van der Waals surface area (Å²) in [5, 5.41) is 21.8. The molecule has 1 aromatic rings. The highest BCUT2D eigenvalue weighted by atomic mass is 16.6. The van der Waals surface area contributed by atoms with Gasteiger partial charge in [-0.2, -0.15) is 0 Å². The minimum atomic E-state index is -1.32. The highest BCUT2D eigenvalue weighted by Crippen LogP contribution is 2.21. The molecule has 0 spiro atoms. The third-order valence-corrected chi connectivity index (χ3v) is 3.00. The molecule has 9 heteroatoms. The summed E-state index contributed by atoms with van der Waals surface area (Å²) in [6.45, 7) is 0.822. The van der Waals surface area contributed by atoms with E-state index in [0.717, 1.165) is 0 Å². The standard InChI is InChI=1S/C13H11N3O6/c1-7-2-3-8(5-10(7)16(21)22)4-9-12(19)15(6-11(17)18)13(20)14-9/h2-5H,6H2,1H3,(H,14,20)(H,17,18)/b9-4+. The van der Waals surface area contributed by atoms with Gasteiger partial charge < -0.3 is 10.4 Å². The first-order valence-electron chi connectivity index (χ1n) is 6.11. The van der Waals surface area contributed by atoms with Crippen LogP contribution < -0.4 is 5.32 Å². The van der Waals surface area contributed by atoms with Crippen molar-refractivity contribution in [1.82, 2.24) is 10.2 Å². The second-order valence-electron chi connectivity index (χ2n) is 4.58. The molecule has 0 bridgehead atoms. The van der Waals surface area contributed by atoms with Gasteiger partial charge in [0.15, 0.2) is 0 Å². The number of aliphatic carboxylic acids is 1. The van der Waals surface area contributed by atoms with Crippen LogP contribution in [0.15, 0.2) is 23.9 Å². The SMILES string of the molecule is Cc1ccc(/C=C2/NC(=O)N(CC(=O)O)C2=O)cc1[N+](=O)[O-]. The molecule has 0 radical (unpaired) electrons. The van der Waals surface area contributed by atoms with Crippen LogP contribution in [0.3, 0.4) is 0 Å². The molecule has 1 heterocycles. The summed E-state index contributed by atoms with van der Waals surface area (Å²) in [7, 11) is 0. The molecule has 1 aliphatic rings. The minimum Gasteiger partial charge on any atom is -0.480 e. The predicted octanol–water partition coefficient (Wildman–Crippen LogP) is 0.881. The van der Waals surface area contributed by atoms with E-state index in [-0.39, 0.29) is 11.4 Å². The van der Waals surface area contributed by atoms with Crippen molar-refractivity contribution in [1.29, 1.82) is 0 Å². The van der Waals surface area contributed by atoms with Gasteiger partial charge in [0.2, 0.25) is 0 Å². The summed E-state index contributed by atoms with van der Waals surface area (Å²) in [6.07, 6.45) is 1.26. The Balaban J connectivity index is 2.33. The summed E-state index contributed by atoms with van der Waals surface area (Å²) >= 11 is 0. The maximum absolute atomic E-state index is 11.9. The first-order chi connectivity index (χ1) is 10.3. The Hall–Kier alpha value is -3.23. The average molecular weight is 305 g/mol. The summed E-state index contributed by atoms with van der Waals surface area (Å²) in [5.74, 6) is -2.12. The van der Waals surface area contributed by atoms with Crippen LogP contribution in [0.25, 0.3) is 6.08 Å². The van der Waals surface area contributed by atoms with E-state index in [1.54, 1.807) is 13.0 Å². The number of carbonyl (C=O) groups is 3. The zero-order chi connectivity index (χ0) is 16.4. The van der Waals surface area contributed by atoms with Crippen molar-refractivity contribution < 1.29 is 24.4 Å². The number of nitro benzene ring substituents is 1. The number of carboxylic acid groups (broad SMARTS) is 1. The number of nitrogens with zero attached hydrogens (tertiary/aromatic N) is 2. The number of aryl methyl sites for hydroxylation is 1. The Morgan fingerprint density at radius 2 is 2.14 bits per heavy atom. The van der Waals surface area contributed by atoms with Crippen molar-refractivity contribution in [2.24, 2.45) is 0 Å². The van der Waals surface area contributed by atoms with Crippen molar-refractivity contribution in [3.8, 4) is 0 Å². The molecule has 114 valence electrons. The molecule has 1 saturated heterocycles. The fourth-order valence-electron chi connectivity index (χ4n) is 1.93. The van der Waals surface area contributed by atoms with Gasteiger partial charge in [-0.1, -0.05) is 12.1 Å². The molecule has 0 aromatic heterocycles. The van der Waals surface area contributed by atoms with Crippen molar-refractivity contribution in [2.45, 2.75) is 6.92 Å². The van der Waals surface area contributed by atoms with Crippen LogP contribution in [0.2, 0.25) is 0 Å². The highest BCUT2D eigenvalue weighted by Gasteiger charge is 2.34. The van der Waals surface area contributed by atoms with Crippen LogP contribution in [0, 0.1) is 17.0 Å². The van der Waals surface area contributed by atoms with E-state index < -0.39 is 29.4 Å². The Labute approximate surface area is 124 Å². The Bertz CT molecular complexity index is 724. The lowest BCUT2D eigenvalue weighted by Crippen LogP contribution is -2.35. The van der Waals surface area contributed by atoms with Crippen molar-refractivity contribution in [3.63, 3.8) is 0 Å². The number of amides is 3. The maximum atomic E-state index is 11.9. The number of imide groups is 1. The van der Waals surface area contributed by atoms with E-state index in [9.17, 15) is 24.5 Å². The summed E-state index contributed by atoms with van der Waals surface area (Å²) in [6, 6.07) is 3.48. The molecule has 0 aliphatic carbocycles. The number of rotatable bonds is 4. The number of benzene rings is 1. The molecule has 0 saturated carbocycles. The number of hydrogen-bond donors (Lipinski definition) is 2. The van der Waals surface area contributed by atoms with Gasteiger partial charge in [-0.3, -0.25) is 19.7 Å². The molecule has 9 nitrogen and oxygen atoms in total. The van der Waals surface area contributed by atoms with Gasteiger partial charge >= 0.3 is 12.0 Å². The van der Waals surface area contributed by atoms with E-state index in [1.807, 2.05) is 0 Å². The van der Waals surface area contributed by atoms with Gasteiger partial charge in [0, 0.05) is 11.6 Å². The van der Waals surface area contributed by atoms with E-state index >= 15 is 0 Å². The molecule has 3 amide bonds. The lowest BCUT2D eigenvalue weighted by atomic mass is 10.1. The van der Waals surface area contributed by atoms with Gasteiger partial charge in [0.25, 0.3) is 11.6 Å². The van der Waals surface area contributed by atoms with Crippen molar-refractivity contribution in [2.75, 3.05) is 6.54 Å². The minimum absolute atomic E-state index is 0.117. The number of urea groups is 1. The second kappa shape index (κ2) is 5.64. The maximum Gasteiger partial charge on any atom is 0.329 e. The number of nitrogens with one attached hydrogen (secondary N) is 1. The van der Waals surface area contributed by atoms with Crippen molar-refractivity contribution in [3.05, 3.63) is 45.1 Å². The molecule has 0 atom stereocenters. The monoisotopic (exact) mass is 305 g/mol. The highest BCUT2D eigenvalue weighted by molar-refractivity contribution is 6.15. The number of carbonyl (C=O) groups excluding carboxylic acids is 2. The molecule has 2 rings (SSSR count). The quantitative estimate of drug-likeness (QED) is 0.367. The lowest BCUT2D eigenvalue weighted by Gasteiger charge is -2.06. The van der Waals surface area contributed by atoms with Crippen LogP contribution in [-0.2, 0) is 9.59 Å². The molecule has 0 unspecified atom stereocenters. The van der Waals surface area contributed by atoms with Gasteiger partial charge in [-0.25, -0.2) is 9.69 Å². The zero-order valence-electron chi connectivity index (χ0n) is 11.4. The Morgan fingerprint density at radius 3 is 2.73 bits per heavy atom. The first kappa shape index (κ1) is 15.2. The molecule has 1 fully saturated rings. The van der Waals surface area contributed by atoms with E-state index in [4.69, 9.17) is 5.11 Å². The van der Waals surface area contributed by atoms with Crippen LogP contribution >= 0.6 is 0 Å². The van der Waals surface area contributed by atoms with Crippen LogP contribution in [0.1, 0.15) is 11.1 Å². The zero-order valence-corrected chi connectivity index (χ0v) is 11.4. The van der Waals surface area contributed by atoms with Gasteiger partial charge in [-0.05, 0) is 18.6 Å². The van der Waals surface area contributed by atoms with Crippen molar-refractivity contribution >= 4 is 29.7 Å². The predicted molar refractivity (Wildman–Crippen MR) is 73.7 cm³/mol. The molecule has 2 N–H and O–H groups in total. The van der Waals surface area contributed by atoms with Crippen LogP contribution in [0.4, 0.5) is 10.5 Å². The van der Waals surface area contributed by atoms with E-state index in [0.29, 0.717) is 16.0 Å². The lowest BCUT2D eigenvalue weighted by molar-refractivity contribution is -0.385. The fourth-order valence-corrected chi connectivity index (χ4v) is 1.93.